The number of hydrogen-bond acceptors (Lipinski definition) is 2. The molecule has 2 atom stereocenters. The summed E-state index contributed by atoms with van der Waals surface area (Å²) in [7, 11) is 0. The van der Waals surface area contributed by atoms with E-state index in [9.17, 15) is 18.0 Å². The van der Waals surface area contributed by atoms with E-state index < -0.39 is 23.4 Å². The molecule has 21 heavy (non-hydrogen) atoms. The predicted molar refractivity (Wildman–Crippen MR) is 74.0 cm³/mol. The molecule has 0 spiro atoms. The zero-order valence-corrected chi connectivity index (χ0v) is 12.1. The maximum atomic E-state index is 13.2. The van der Waals surface area contributed by atoms with Gasteiger partial charge in [0.05, 0.1) is 0 Å². The van der Waals surface area contributed by atoms with E-state index in [2.05, 4.69) is 5.32 Å². The van der Waals surface area contributed by atoms with Gasteiger partial charge in [-0.2, -0.15) is 0 Å². The fraction of sp³-hybridized carbons (Fsp3) is 0.500. The number of benzene rings is 1. The Bertz CT molecular complexity index is 532. The molecule has 1 aromatic carbocycles. The van der Waals surface area contributed by atoms with Crippen molar-refractivity contribution in [1.82, 2.24) is 10.2 Å². The van der Waals surface area contributed by atoms with Crippen molar-refractivity contribution in [3.63, 3.8) is 0 Å². The summed E-state index contributed by atoms with van der Waals surface area (Å²) in [6.45, 7) is 2.07. The van der Waals surface area contributed by atoms with Crippen LogP contribution in [-0.4, -0.2) is 36.5 Å². The number of carbonyl (C=O) groups excluding carboxylic acids is 1. The third kappa shape index (κ3) is 3.01. The summed E-state index contributed by atoms with van der Waals surface area (Å²) in [5.41, 5.74) is -0.134. The number of hydrogen-bond donors (Lipinski definition) is 1. The minimum absolute atomic E-state index is 0. The van der Waals surface area contributed by atoms with E-state index in [4.69, 9.17) is 0 Å². The fourth-order valence-corrected chi connectivity index (χ4v) is 3.09. The van der Waals surface area contributed by atoms with Crippen LogP contribution >= 0.6 is 12.4 Å². The number of piperidine rings is 1. The van der Waals surface area contributed by atoms with Gasteiger partial charge in [0, 0.05) is 24.7 Å². The summed E-state index contributed by atoms with van der Waals surface area (Å²) >= 11 is 0. The first-order valence-electron chi connectivity index (χ1n) is 6.73. The standard InChI is InChI=1S/C14H15F3N2O.ClH/c15-10-5-9(6-11(16)13(10)17)14(20)19-4-2-12-8(7-19)1-3-18-12;/h5-6,8,12,18H,1-4,7H2;1H. The Kier molecular flexibility index (Phi) is 4.78. The number of nitrogens with zero attached hydrogens (tertiary/aromatic N) is 1. The average molecular weight is 321 g/mol. The minimum atomic E-state index is -1.54. The molecule has 0 saturated carbocycles. The van der Waals surface area contributed by atoms with Crippen molar-refractivity contribution in [2.75, 3.05) is 19.6 Å². The second kappa shape index (κ2) is 6.23. The summed E-state index contributed by atoms with van der Waals surface area (Å²) in [6, 6.07) is 1.96. The number of carbonyl (C=O) groups is 1. The van der Waals surface area contributed by atoms with Crippen molar-refractivity contribution in [2.24, 2.45) is 5.92 Å². The molecule has 3 nitrogen and oxygen atoms in total. The van der Waals surface area contributed by atoms with Crippen LogP contribution in [0.5, 0.6) is 0 Å². The van der Waals surface area contributed by atoms with E-state index in [1.165, 1.54) is 0 Å². The summed E-state index contributed by atoms with van der Waals surface area (Å²) in [5.74, 6) is -4.24. The molecule has 7 heteroatoms. The molecule has 2 aliphatic rings. The lowest BCUT2D eigenvalue weighted by molar-refractivity contribution is 0.0661. The Morgan fingerprint density at radius 3 is 2.52 bits per heavy atom. The number of nitrogens with one attached hydrogen (secondary N) is 1. The van der Waals surface area contributed by atoms with Gasteiger partial charge in [-0.05, 0) is 37.4 Å². The molecule has 1 amide bonds. The van der Waals surface area contributed by atoms with E-state index in [1.807, 2.05) is 0 Å². The predicted octanol–water partition coefficient (Wildman–Crippen LogP) is 2.35. The Balaban J connectivity index is 0.00000161. The molecule has 0 aromatic heterocycles. The smallest absolute Gasteiger partial charge is 0.254 e. The largest absolute Gasteiger partial charge is 0.338 e. The van der Waals surface area contributed by atoms with Gasteiger partial charge >= 0.3 is 0 Å². The van der Waals surface area contributed by atoms with Gasteiger partial charge in [-0.25, -0.2) is 13.2 Å². The maximum absolute atomic E-state index is 13.2. The van der Waals surface area contributed by atoms with E-state index in [0.29, 0.717) is 25.0 Å². The van der Waals surface area contributed by atoms with E-state index in [0.717, 1.165) is 31.5 Å². The molecular weight excluding hydrogens is 305 g/mol. The second-order valence-electron chi connectivity index (χ2n) is 5.40. The van der Waals surface area contributed by atoms with Gasteiger partial charge in [0.2, 0.25) is 0 Å². The molecule has 0 aliphatic carbocycles. The van der Waals surface area contributed by atoms with Crippen molar-refractivity contribution >= 4 is 18.3 Å². The summed E-state index contributed by atoms with van der Waals surface area (Å²) in [4.78, 5) is 13.9. The number of likely N-dealkylation sites (tertiary alicyclic amines) is 1. The molecule has 1 aromatic rings. The van der Waals surface area contributed by atoms with Crippen LogP contribution < -0.4 is 5.32 Å². The van der Waals surface area contributed by atoms with Crippen LogP contribution in [0.15, 0.2) is 12.1 Å². The van der Waals surface area contributed by atoms with E-state index in [1.54, 1.807) is 4.90 Å². The molecule has 2 unspecified atom stereocenters. The highest BCUT2D eigenvalue weighted by Crippen LogP contribution is 2.26. The minimum Gasteiger partial charge on any atom is -0.338 e. The highest BCUT2D eigenvalue weighted by molar-refractivity contribution is 5.94. The van der Waals surface area contributed by atoms with Crippen LogP contribution in [0.1, 0.15) is 23.2 Å². The summed E-state index contributed by atoms with van der Waals surface area (Å²) in [5, 5.41) is 3.38. The second-order valence-corrected chi connectivity index (χ2v) is 5.40. The lowest BCUT2D eigenvalue weighted by atomic mass is 9.93. The van der Waals surface area contributed by atoms with Crippen molar-refractivity contribution in [1.29, 1.82) is 0 Å². The normalized spacial score (nSPS) is 24.4. The zero-order valence-electron chi connectivity index (χ0n) is 11.2. The molecule has 116 valence electrons. The molecule has 2 aliphatic heterocycles. The average Bonchev–Trinajstić information content (AvgIpc) is 2.90. The highest BCUT2D eigenvalue weighted by atomic mass is 35.5. The van der Waals surface area contributed by atoms with Crippen molar-refractivity contribution < 1.29 is 18.0 Å². The van der Waals surface area contributed by atoms with Crippen LogP contribution in [-0.2, 0) is 0 Å². The number of rotatable bonds is 1. The number of halogens is 4. The topological polar surface area (TPSA) is 32.3 Å². The van der Waals surface area contributed by atoms with Gasteiger partial charge in [0.15, 0.2) is 17.5 Å². The number of fused-ring (bicyclic) bond motifs is 1. The van der Waals surface area contributed by atoms with E-state index in [-0.39, 0.29) is 18.0 Å². The lowest BCUT2D eigenvalue weighted by Gasteiger charge is -2.34. The van der Waals surface area contributed by atoms with Crippen LogP contribution in [0.2, 0.25) is 0 Å². The van der Waals surface area contributed by atoms with Gasteiger partial charge in [0.1, 0.15) is 0 Å². The van der Waals surface area contributed by atoms with Crippen LogP contribution in [0.3, 0.4) is 0 Å². The molecule has 2 heterocycles. The fourth-order valence-electron chi connectivity index (χ4n) is 3.09. The summed E-state index contributed by atoms with van der Waals surface area (Å²) < 4.78 is 39.3. The van der Waals surface area contributed by atoms with Crippen LogP contribution in [0.4, 0.5) is 13.2 Å². The molecule has 2 fully saturated rings. The zero-order chi connectivity index (χ0) is 14.3. The Morgan fingerprint density at radius 1 is 1.19 bits per heavy atom. The van der Waals surface area contributed by atoms with Gasteiger partial charge in [-0.3, -0.25) is 4.79 Å². The third-order valence-corrected chi connectivity index (χ3v) is 4.17. The quantitative estimate of drug-likeness (QED) is 0.806. The van der Waals surface area contributed by atoms with Crippen molar-refractivity contribution in [3.05, 3.63) is 35.1 Å². The first kappa shape index (κ1) is 16.1. The Hall–Kier alpha value is -1.27. The first-order valence-corrected chi connectivity index (χ1v) is 6.73. The van der Waals surface area contributed by atoms with Gasteiger partial charge < -0.3 is 10.2 Å². The van der Waals surface area contributed by atoms with Gasteiger partial charge in [-0.15, -0.1) is 12.4 Å². The third-order valence-electron chi connectivity index (χ3n) is 4.17. The molecule has 0 radical (unpaired) electrons. The van der Waals surface area contributed by atoms with Crippen LogP contribution in [0.25, 0.3) is 0 Å². The monoisotopic (exact) mass is 320 g/mol. The van der Waals surface area contributed by atoms with Crippen LogP contribution in [0, 0.1) is 23.4 Å². The number of amides is 1. The van der Waals surface area contributed by atoms with Gasteiger partial charge in [-0.1, -0.05) is 0 Å². The lowest BCUT2D eigenvalue weighted by Crippen LogP contribution is -2.46. The SMILES string of the molecule is Cl.O=C(c1cc(F)c(F)c(F)c1)N1CCC2NCCC2C1. The van der Waals surface area contributed by atoms with Crippen molar-refractivity contribution in [2.45, 2.75) is 18.9 Å². The molecule has 2 saturated heterocycles. The van der Waals surface area contributed by atoms with Crippen molar-refractivity contribution in [3.8, 4) is 0 Å². The Labute approximate surface area is 126 Å². The maximum Gasteiger partial charge on any atom is 0.254 e. The molecule has 1 N–H and O–H groups in total. The summed E-state index contributed by atoms with van der Waals surface area (Å²) in [6.07, 6.45) is 1.84. The highest BCUT2D eigenvalue weighted by Gasteiger charge is 2.34. The first-order chi connectivity index (χ1) is 9.56. The Morgan fingerprint density at radius 2 is 1.86 bits per heavy atom. The molecule has 0 bridgehead atoms. The van der Waals surface area contributed by atoms with Gasteiger partial charge in [0.25, 0.3) is 5.91 Å². The van der Waals surface area contributed by atoms with E-state index >= 15 is 0 Å². The molecular formula is C14H16ClF3N2O. The molecule has 3 rings (SSSR count).